The zero-order valence-electron chi connectivity index (χ0n) is 11.2. The summed E-state index contributed by atoms with van der Waals surface area (Å²) in [5, 5.41) is 3.66. The molecule has 1 aromatic carbocycles. The summed E-state index contributed by atoms with van der Waals surface area (Å²) in [5.41, 5.74) is 5.71. The number of fused-ring (bicyclic) bond motifs is 1. The maximum absolute atomic E-state index is 3.66. The largest absolute Gasteiger partial charge is 0.378 e. The summed E-state index contributed by atoms with van der Waals surface area (Å²) >= 11 is 1.90. The van der Waals surface area contributed by atoms with E-state index in [2.05, 4.69) is 50.4 Å². The first kappa shape index (κ1) is 11.8. The van der Waals surface area contributed by atoms with Gasteiger partial charge in [-0.1, -0.05) is 19.1 Å². The molecule has 94 valence electrons. The first-order valence-electron chi connectivity index (χ1n) is 6.62. The topological polar surface area (TPSA) is 12.0 Å². The summed E-state index contributed by atoms with van der Waals surface area (Å²) in [7, 11) is 0. The van der Waals surface area contributed by atoms with Crippen molar-refractivity contribution in [2.24, 2.45) is 0 Å². The summed E-state index contributed by atoms with van der Waals surface area (Å²) in [6.07, 6.45) is 2.24. The van der Waals surface area contributed by atoms with Crippen molar-refractivity contribution in [1.29, 1.82) is 0 Å². The Labute approximate surface area is 113 Å². The molecule has 18 heavy (non-hydrogen) atoms. The van der Waals surface area contributed by atoms with Crippen molar-refractivity contribution in [2.75, 3.05) is 5.32 Å². The maximum Gasteiger partial charge on any atom is 0.0565 e. The zero-order valence-corrected chi connectivity index (χ0v) is 12.0. The van der Waals surface area contributed by atoms with Crippen molar-refractivity contribution >= 4 is 17.0 Å². The van der Waals surface area contributed by atoms with E-state index in [1.165, 1.54) is 32.1 Å². The van der Waals surface area contributed by atoms with Crippen LogP contribution in [0, 0.1) is 13.8 Å². The summed E-state index contributed by atoms with van der Waals surface area (Å²) < 4.78 is 0. The Morgan fingerprint density at radius 2 is 2.11 bits per heavy atom. The van der Waals surface area contributed by atoms with Crippen LogP contribution in [0.4, 0.5) is 5.69 Å². The molecule has 0 saturated carbocycles. The van der Waals surface area contributed by atoms with Crippen molar-refractivity contribution in [1.82, 2.24) is 0 Å². The minimum atomic E-state index is 0.469. The van der Waals surface area contributed by atoms with Crippen LogP contribution in [0.25, 0.3) is 0 Å². The molecule has 0 radical (unpaired) electrons. The fourth-order valence-corrected chi connectivity index (χ4v) is 3.81. The SMILES string of the molecule is CCc1ccc2c(c1)CC(c1cc(C)sc1C)N2. The van der Waals surface area contributed by atoms with Gasteiger partial charge in [0.25, 0.3) is 0 Å². The van der Waals surface area contributed by atoms with Gasteiger partial charge >= 0.3 is 0 Å². The Morgan fingerprint density at radius 1 is 1.28 bits per heavy atom. The fourth-order valence-electron chi connectivity index (χ4n) is 2.82. The van der Waals surface area contributed by atoms with Crippen LogP contribution in [0.1, 0.15) is 39.4 Å². The van der Waals surface area contributed by atoms with Crippen LogP contribution in [0.5, 0.6) is 0 Å². The normalized spacial score (nSPS) is 17.6. The van der Waals surface area contributed by atoms with E-state index in [0.717, 1.165) is 12.8 Å². The summed E-state index contributed by atoms with van der Waals surface area (Å²) in [6.45, 7) is 6.64. The molecule has 1 N–H and O–H groups in total. The van der Waals surface area contributed by atoms with E-state index in [9.17, 15) is 0 Å². The molecule has 3 rings (SSSR count). The molecule has 0 spiro atoms. The summed E-state index contributed by atoms with van der Waals surface area (Å²) in [4.78, 5) is 2.86. The van der Waals surface area contributed by atoms with Crippen LogP contribution in [0.2, 0.25) is 0 Å². The number of hydrogen-bond acceptors (Lipinski definition) is 2. The molecule has 1 aliphatic heterocycles. The second-order valence-corrected chi connectivity index (χ2v) is 6.58. The lowest BCUT2D eigenvalue weighted by atomic mass is 10.0. The highest BCUT2D eigenvalue weighted by molar-refractivity contribution is 7.12. The first-order chi connectivity index (χ1) is 8.67. The molecule has 0 aliphatic carbocycles. The Morgan fingerprint density at radius 3 is 2.78 bits per heavy atom. The van der Waals surface area contributed by atoms with E-state index in [1.807, 2.05) is 11.3 Å². The van der Waals surface area contributed by atoms with Gasteiger partial charge in [0, 0.05) is 15.4 Å². The van der Waals surface area contributed by atoms with E-state index in [1.54, 1.807) is 0 Å². The van der Waals surface area contributed by atoms with Crippen molar-refractivity contribution in [3.05, 3.63) is 50.7 Å². The molecule has 2 aromatic rings. The monoisotopic (exact) mass is 257 g/mol. The standard InChI is InChI=1S/C16H19NS/c1-4-12-5-6-15-13(8-12)9-16(17-15)14-7-10(2)18-11(14)3/h5-8,16-17H,4,9H2,1-3H3. The lowest BCUT2D eigenvalue weighted by Crippen LogP contribution is -2.05. The van der Waals surface area contributed by atoms with Gasteiger partial charge in [-0.2, -0.15) is 0 Å². The number of thiophene rings is 1. The van der Waals surface area contributed by atoms with E-state index >= 15 is 0 Å². The van der Waals surface area contributed by atoms with Crippen LogP contribution in [0.15, 0.2) is 24.3 Å². The average molecular weight is 257 g/mol. The van der Waals surface area contributed by atoms with Gasteiger partial charge < -0.3 is 5.32 Å². The van der Waals surface area contributed by atoms with Crippen molar-refractivity contribution < 1.29 is 0 Å². The summed E-state index contributed by atoms with van der Waals surface area (Å²) in [6, 6.07) is 9.64. The van der Waals surface area contributed by atoms with Gasteiger partial charge in [-0.15, -0.1) is 11.3 Å². The van der Waals surface area contributed by atoms with Gasteiger partial charge in [0.05, 0.1) is 6.04 Å². The van der Waals surface area contributed by atoms with E-state index in [-0.39, 0.29) is 0 Å². The van der Waals surface area contributed by atoms with E-state index in [4.69, 9.17) is 0 Å². The number of benzene rings is 1. The van der Waals surface area contributed by atoms with Gasteiger partial charge in [-0.3, -0.25) is 0 Å². The minimum Gasteiger partial charge on any atom is -0.378 e. The van der Waals surface area contributed by atoms with Gasteiger partial charge in [0.1, 0.15) is 0 Å². The second kappa shape index (κ2) is 4.43. The first-order valence-corrected chi connectivity index (χ1v) is 7.44. The molecular weight excluding hydrogens is 238 g/mol. The molecule has 1 nitrogen and oxygen atoms in total. The molecule has 1 unspecified atom stereocenters. The minimum absolute atomic E-state index is 0.469. The van der Waals surface area contributed by atoms with Crippen LogP contribution >= 0.6 is 11.3 Å². The predicted molar refractivity (Wildman–Crippen MR) is 79.7 cm³/mol. The van der Waals surface area contributed by atoms with Gasteiger partial charge in [0.15, 0.2) is 0 Å². The molecule has 1 aliphatic rings. The molecule has 2 heterocycles. The van der Waals surface area contributed by atoms with Crippen molar-refractivity contribution in [3.63, 3.8) is 0 Å². The zero-order chi connectivity index (χ0) is 12.7. The van der Waals surface area contributed by atoms with Crippen LogP contribution in [-0.4, -0.2) is 0 Å². The van der Waals surface area contributed by atoms with Crippen molar-refractivity contribution in [2.45, 2.75) is 39.7 Å². The third-order valence-electron chi connectivity index (χ3n) is 3.79. The van der Waals surface area contributed by atoms with E-state index < -0.39 is 0 Å². The summed E-state index contributed by atoms with van der Waals surface area (Å²) in [5.74, 6) is 0. The highest BCUT2D eigenvalue weighted by atomic mass is 32.1. The fraction of sp³-hybridized carbons (Fsp3) is 0.375. The average Bonchev–Trinajstić information content (AvgIpc) is 2.90. The predicted octanol–water partition coefficient (Wildman–Crippen LogP) is 4.64. The maximum atomic E-state index is 3.66. The molecule has 0 amide bonds. The third-order valence-corrected chi connectivity index (χ3v) is 4.77. The molecule has 0 bridgehead atoms. The van der Waals surface area contributed by atoms with Gasteiger partial charge in [-0.05, 0) is 55.5 Å². The Kier molecular flexibility index (Phi) is 2.90. The molecule has 2 heteroatoms. The van der Waals surface area contributed by atoms with Crippen LogP contribution in [-0.2, 0) is 12.8 Å². The third kappa shape index (κ3) is 1.95. The second-order valence-electron chi connectivity index (χ2n) is 5.11. The Bertz CT molecular complexity index is 583. The highest BCUT2D eigenvalue weighted by Crippen LogP contribution is 2.38. The number of aryl methyl sites for hydroxylation is 3. The Balaban J connectivity index is 1.90. The number of anilines is 1. The van der Waals surface area contributed by atoms with E-state index in [0.29, 0.717) is 6.04 Å². The lowest BCUT2D eigenvalue weighted by Gasteiger charge is -2.10. The van der Waals surface area contributed by atoms with Crippen LogP contribution < -0.4 is 5.32 Å². The molecule has 1 aromatic heterocycles. The Hall–Kier alpha value is -1.28. The molecule has 0 fully saturated rings. The molecule has 1 atom stereocenters. The van der Waals surface area contributed by atoms with Crippen molar-refractivity contribution in [3.8, 4) is 0 Å². The molecular formula is C16H19NS. The smallest absolute Gasteiger partial charge is 0.0565 e. The molecule has 0 saturated heterocycles. The number of nitrogens with one attached hydrogen (secondary N) is 1. The number of hydrogen-bond donors (Lipinski definition) is 1. The lowest BCUT2D eigenvalue weighted by molar-refractivity contribution is 0.821. The van der Waals surface area contributed by atoms with Crippen LogP contribution in [0.3, 0.4) is 0 Å². The van der Waals surface area contributed by atoms with Gasteiger partial charge in [0.2, 0.25) is 0 Å². The quantitative estimate of drug-likeness (QED) is 0.826. The van der Waals surface area contributed by atoms with Gasteiger partial charge in [-0.25, -0.2) is 0 Å². The highest BCUT2D eigenvalue weighted by Gasteiger charge is 2.24. The number of rotatable bonds is 2.